The smallest absolute Gasteiger partial charge is 0.325 e. The third kappa shape index (κ3) is 6.79. The van der Waals surface area contributed by atoms with E-state index in [1.165, 1.54) is 4.90 Å². The number of anilines is 1. The lowest BCUT2D eigenvalue weighted by Crippen LogP contribution is -2.34. The van der Waals surface area contributed by atoms with Crippen molar-refractivity contribution < 1.29 is 18.8 Å². The number of esters is 1. The highest BCUT2D eigenvalue weighted by Gasteiger charge is 2.24. The summed E-state index contributed by atoms with van der Waals surface area (Å²) in [5, 5.41) is 7.81. The number of carbonyl (C=O) groups is 2. The minimum absolute atomic E-state index is 0.0875. The van der Waals surface area contributed by atoms with Crippen LogP contribution in [0.4, 0.5) is 5.69 Å². The molecule has 0 radical (unpaired) electrons. The summed E-state index contributed by atoms with van der Waals surface area (Å²) >= 11 is 24.7. The third-order valence-corrected chi connectivity index (χ3v) is 7.03. The maximum absolute atomic E-state index is 13.1. The van der Waals surface area contributed by atoms with Gasteiger partial charge in [-0.2, -0.15) is 0 Å². The van der Waals surface area contributed by atoms with Gasteiger partial charge in [0.05, 0.1) is 23.1 Å². The standard InChI is InChI=1S/C29H25Cl4N3O4/c1-16-10-18(11-17(2)27(16)39-25(37)14-34-3)15-36(29(38)28(32)33)20-7-4-6-19(12-20)24-13-23(35-40-24)26-21(30)8-5-9-22(26)31/h4-13,28,34H,14-15H2,1-3H3. The summed E-state index contributed by atoms with van der Waals surface area (Å²) in [5.41, 5.74) is 4.55. The minimum Gasteiger partial charge on any atom is -0.425 e. The van der Waals surface area contributed by atoms with Crippen molar-refractivity contribution in [1.29, 1.82) is 0 Å². The molecular weight excluding hydrogens is 596 g/mol. The van der Waals surface area contributed by atoms with E-state index in [9.17, 15) is 9.59 Å². The molecule has 40 heavy (non-hydrogen) atoms. The summed E-state index contributed by atoms with van der Waals surface area (Å²) in [6, 6.07) is 17.8. The molecule has 0 fully saturated rings. The van der Waals surface area contributed by atoms with Gasteiger partial charge in [-0.15, -0.1) is 0 Å². The second kappa shape index (κ2) is 13.1. The van der Waals surface area contributed by atoms with Crippen LogP contribution in [0.3, 0.4) is 0 Å². The number of nitrogens with zero attached hydrogens (tertiary/aromatic N) is 2. The fourth-order valence-electron chi connectivity index (χ4n) is 4.28. The van der Waals surface area contributed by atoms with Crippen molar-refractivity contribution in [2.75, 3.05) is 18.5 Å². The quantitative estimate of drug-likeness (QED) is 0.119. The average Bonchev–Trinajstić information content (AvgIpc) is 3.39. The van der Waals surface area contributed by atoms with E-state index in [-0.39, 0.29) is 13.1 Å². The van der Waals surface area contributed by atoms with E-state index in [1.54, 1.807) is 49.5 Å². The van der Waals surface area contributed by atoms with Gasteiger partial charge in [0.25, 0.3) is 5.91 Å². The van der Waals surface area contributed by atoms with Crippen molar-refractivity contribution >= 4 is 64.0 Å². The zero-order valence-corrected chi connectivity index (χ0v) is 24.8. The Morgan fingerprint density at radius 1 is 1.00 bits per heavy atom. The summed E-state index contributed by atoms with van der Waals surface area (Å²) in [6.45, 7) is 3.93. The van der Waals surface area contributed by atoms with Crippen LogP contribution in [0.5, 0.6) is 5.75 Å². The predicted molar refractivity (Wildman–Crippen MR) is 160 cm³/mol. The van der Waals surface area contributed by atoms with E-state index in [0.717, 1.165) is 16.7 Å². The average molecular weight is 621 g/mol. The van der Waals surface area contributed by atoms with Crippen LogP contribution in [0.25, 0.3) is 22.6 Å². The van der Waals surface area contributed by atoms with Gasteiger partial charge in [0.15, 0.2) is 10.6 Å². The highest BCUT2D eigenvalue weighted by atomic mass is 35.5. The van der Waals surface area contributed by atoms with Crippen molar-refractivity contribution in [3.05, 3.63) is 87.4 Å². The first kappa shape index (κ1) is 29.9. The number of hydrogen-bond donors (Lipinski definition) is 1. The Morgan fingerprint density at radius 3 is 2.27 bits per heavy atom. The molecule has 4 rings (SSSR count). The molecule has 0 saturated carbocycles. The van der Waals surface area contributed by atoms with Crippen LogP contribution in [0.1, 0.15) is 16.7 Å². The minimum atomic E-state index is -1.29. The maximum Gasteiger partial charge on any atom is 0.325 e. The van der Waals surface area contributed by atoms with E-state index in [4.69, 9.17) is 55.7 Å². The summed E-state index contributed by atoms with van der Waals surface area (Å²) < 4.78 is 11.1. The molecule has 1 amide bonds. The first-order chi connectivity index (χ1) is 19.1. The molecule has 3 aromatic carbocycles. The van der Waals surface area contributed by atoms with Crippen LogP contribution in [-0.4, -0.2) is 35.5 Å². The van der Waals surface area contributed by atoms with Crippen molar-refractivity contribution in [3.63, 3.8) is 0 Å². The van der Waals surface area contributed by atoms with Crippen molar-refractivity contribution in [2.45, 2.75) is 25.2 Å². The Bertz CT molecular complexity index is 1510. The second-order valence-electron chi connectivity index (χ2n) is 9.01. The Hall–Kier alpha value is -3.07. The van der Waals surface area contributed by atoms with E-state index in [1.807, 2.05) is 32.0 Å². The molecule has 1 heterocycles. The Morgan fingerprint density at radius 2 is 1.65 bits per heavy atom. The van der Waals surface area contributed by atoms with Crippen LogP contribution in [-0.2, 0) is 16.1 Å². The Balaban J connectivity index is 1.66. The van der Waals surface area contributed by atoms with E-state index in [0.29, 0.717) is 44.1 Å². The van der Waals surface area contributed by atoms with Crippen LogP contribution < -0.4 is 15.0 Å². The SMILES string of the molecule is CNCC(=O)Oc1c(C)cc(CN(C(=O)C(Cl)Cl)c2cccc(-c3cc(-c4c(Cl)cccc4Cl)no3)c2)cc1C. The molecule has 1 aromatic heterocycles. The van der Waals surface area contributed by atoms with Gasteiger partial charge >= 0.3 is 5.97 Å². The molecule has 0 unspecified atom stereocenters. The summed E-state index contributed by atoms with van der Waals surface area (Å²) in [4.78, 5) is 25.3. The number of amides is 1. The molecular formula is C29H25Cl4N3O4. The fraction of sp³-hybridized carbons (Fsp3) is 0.207. The molecule has 0 aliphatic heterocycles. The lowest BCUT2D eigenvalue weighted by atomic mass is 10.0. The van der Waals surface area contributed by atoms with Gasteiger partial charge in [0, 0.05) is 22.9 Å². The number of nitrogens with one attached hydrogen (secondary N) is 1. The molecule has 1 N–H and O–H groups in total. The van der Waals surface area contributed by atoms with Crippen LogP contribution in [0.15, 0.2) is 65.2 Å². The molecule has 0 bridgehead atoms. The number of aromatic nitrogens is 1. The van der Waals surface area contributed by atoms with Crippen LogP contribution >= 0.6 is 46.4 Å². The first-order valence-electron chi connectivity index (χ1n) is 12.2. The monoisotopic (exact) mass is 619 g/mol. The topological polar surface area (TPSA) is 84.7 Å². The van der Waals surface area contributed by atoms with Gasteiger partial charge in [-0.25, -0.2) is 0 Å². The number of halogens is 4. The van der Waals surface area contributed by atoms with Gasteiger partial charge in [0.1, 0.15) is 11.4 Å². The second-order valence-corrected chi connectivity index (χ2v) is 10.9. The number of carbonyl (C=O) groups excluding carboxylic acids is 2. The zero-order valence-electron chi connectivity index (χ0n) is 21.8. The number of rotatable bonds is 9. The van der Waals surface area contributed by atoms with E-state index < -0.39 is 16.7 Å². The third-order valence-electron chi connectivity index (χ3n) is 6.02. The molecule has 0 atom stereocenters. The van der Waals surface area contributed by atoms with Gasteiger partial charge in [-0.05, 0) is 61.9 Å². The highest BCUT2D eigenvalue weighted by Crippen LogP contribution is 2.37. The molecule has 0 aliphatic carbocycles. The summed E-state index contributed by atoms with van der Waals surface area (Å²) in [5.74, 6) is 0.0418. The molecule has 11 heteroatoms. The Kier molecular flexibility index (Phi) is 9.77. The molecule has 208 valence electrons. The van der Waals surface area contributed by atoms with Crippen molar-refractivity contribution in [2.24, 2.45) is 0 Å². The van der Waals surface area contributed by atoms with Gasteiger partial charge in [-0.1, -0.05) is 81.9 Å². The highest BCUT2D eigenvalue weighted by molar-refractivity contribution is 6.54. The van der Waals surface area contributed by atoms with Crippen LogP contribution in [0.2, 0.25) is 10.0 Å². The molecule has 7 nitrogen and oxygen atoms in total. The molecule has 4 aromatic rings. The van der Waals surface area contributed by atoms with Gasteiger partial charge in [0.2, 0.25) is 0 Å². The number of likely N-dealkylation sites (N-methyl/N-ethyl adjacent to an activating group) is 1. The van der Waals surface area contributed by atoms with E-state index in [2.05, 4.69) is 10.5 Å². The van der Waals surface area contributed by atoms with Crippen molar-refractivity contribution in [1.82, 2.24) is 10.5 Å². The summed E-state index contributed by atoms with van der Waals surface area (Å²) in [7, 11) is 1.67. The normalized spacial score (nSPS) is 11.1. The first-order valence-corrected chi connectivity index (χ1v) is 13.8. The number of alkyl halides is 2. The predicted octanol–water partition coefficient (Wildman–Crippen LogP) is 7.39. The largest absolute Gasteiger partial charge is 0.425 e. The Labute approximate surface area is 251 Å². The number of aryl methyl sites for hydroxylation is 2. The van der Waals surface area contributed by atoms with Crippen LogP contribution in [0, 0.1) is 13.8 Å². The van der Waals surface area contributed by atoms with Gasteiger partial charge in [-0.3, -0.25) is 9.59 Å². The lowest BCUT2D eigenvalue weighted by Gasteiger charge is -2.25. The zero-order chi connectivity index (χ0) is 29.0. The van der Waals surface area contributed by atoms with Gasteiger partial charge < -0.3 is 19.5 Å². The molecule has 0 aliphatic rings. The fourth-order valence-corrected chi connectivity index (χ4v) is 5.11. The number of ether oxygens (including phenoxy) is 1. The molecule has 0 saturated heterocycles. The maximum atomic E-state index is 13.1. The van der Waals surface area contributed by atoms with Crippen molar-refractivity contribution in [3.8, 4) is 28.3 Å². The summed E-state index contributed by atoms with van der Waals surface area (Å²) in [6.07, 6.45) is 0. The number of benzene rings is 3. The lowest BCUT2D eigenvalue weighted by molar-refractivity contribution is -0.133. The van der Waals surface area contributed by atoms with E-state index >= 15 is 0 Å². The number of hydrogen-bond acceptors (Lipinski definition) is 6. The molecule has 0 spiro atoms.